The van der Waals surface area contributed by atoms with Gasteiger partial charge in [-0.25, -0.2) is 4.98 Å². The maximum absolute atomic E-state index is 12.7. The monoisotopic (exact) mass is 393 g/mol. The molecule has 4 aromatic rings. The lowest BCUT2D eigenvalue weighted by molar-refractivity contribution is 0.0926. The molecule has 0 radical (unpaired) electrons. The zero-order valence-corrected chi connectivity index (χ0v) is 16.2. The van der Waals surface area contributed by atoms with E-state index in [1.165, 1.54) is 11.3 Å². The van der Waals surface area contributed by atoms with E-state index in [1.807, 2.05) is 61.5 Å². The Kier molecular flexibility index (Phi) is 4.92. The molecule has 0 fully saturated rings. The number of rotatable bonds is 5. The summed E-state index contributed by atoms with van der Waals surface area (Å²) in [6, 6.07) is 21.2. The summed E-state index contributed by atoms with van der Waals surface area (Å²) in [6.07, 6.45) is 0. The van der Waals surface area contributed by atoms with E-state index in [-0.39, 0.29) is 12.4 Å². The molecule has 5 heteroatoms. The van der Waals surface area contributed by atoms with Gasteiger partial charge in [-0.1, -0.05) is 66.2 Å². The molecule has 0 amide bonds. The minimum atomic E-state index is -0.0776. The molecular weight excluding hydrogens is 378 g/mol. The van der Waals surface area contributed by atoms with E-state index in [1.54, 1.807) is 12.1 Å². The molecule has 0 saturated heterocycles. The number of ether oxygens (including phenoxy) is 1. The van der Waals surface area contributed by atoms with Crippen molar-refractivity contribution in [1.29, 1.82) is 0 Å². The molecular formula is C22H16ClNO2S. The number of thiazole rings is 1. The van der Waals surface area contributed by atoms with Crippen LogP contribution in [0.2, 0.25) is 5.02 Å². The van der Waals surface area contributed by atoms with Gasteiger partial charge in [0.05, 0.1) is 10.6 Å². The molecule has 1 heterocycles. The summed E-state index contributed by atoms with van der Waals surface area (Å²) in [5.41, 5.74) is 1.74. The number of aryl methyl sites for hydroxylation is 1. The van der Waals surface area contributed by atoms with Crippen LogP contribution in [0.3, 0.4) is 0 Å². The molecule has 0 spiro atoms. The van der Waals surface area contributed by atoms with Gasteiger partial charge in [0.15, 0.2) is 6.61 Å². The molecule has 4 rings (SSSR count). The maximum Gasteiger partial charge on any atom is 0.212 e. The van der Waals surface area contributed by atoms with E-state index >= 15 is 0 Å². The van der Waals surface area contributed by atoms with Crippen LogP contribution >= 0.6 is 22.9 Å². The summed E-state index contributed by atoms with van der Waals surface area (Å²) in [7, 11) is 0. The summed E-state index contributed by atoms with van der Waals surface area (Å²) in [4.78, 5) is 17.9. The fourth-order valence-electron chi connectivity index (χ4n) is 2.93. The molecule has 0 bridgehead atoms. The number of carbonyl (C=O) groups is 1. The van der Waals surface area contributed by atoms with Crippen LogP contribution in [0.1, 0.15) is 15.4 Å². The Labute approximate surface area is 166 Å². The molecule has 0 saturated carbocycles. The van der Waals surface area contributed by atoms with Crippen molar-refractivity contribution in [3.63, 3.8) is 0 Å². The number of ketones is 1. The van der Waals surface area contributed by atoms with Gasteiger partial charge in [0.1, 0.15) is 10.8 Å². The number of hydrogen-bond donors (Lipinski definition) is 0. The normalized spacial score (nSPS) is 10.9. The Bertz CT molecular complexity index is 1120. The highest BCUT2D eigenvalue weighted by Gasteiger charge is 2.17. The van der Waals surface area contributed by atoms with Crippen molar-refractivity contribution in [1.82, 2.24) is 4.98 Å². The Morgan fingerprint density at radius 3 is 2.48 bits per heavy atom. The lowest BCUT2D eigenvalue weighted by Crippen LogP contribution is -2.11. The van der Waals surface area contributed by atoms with Gasteiger partial charge in [0.25, 0.3) is 0 Å². The zero-order valence-electron chi connectivity index (χ0n) is 14.6. The molecule has 27 heavy (non-hydrogen) atoms. The molecule has 3 nitrogen and oxygen atoms in total. The highest BCUT2D eigenvalue weighted by Crippen LogP contribution is 2.32. The SMILES string of the molecule is Cc1nc(-c2ccccc2)sc1C(=O)COc1ccc(Cl)c2ccccc12. The molecule has 0 atom stereocenters. The molecule has 0 aliphatic carbocycles. The lowest BCUT2D eigenvalue weighted by atomic mass is 10.1. The van der Waals surface area contributed by atoms with Gasteiger partial charge in [0.2, 0.25) is 5.78 Å². The van der Waals surface area contributed by atoms with Gasteiger partial charge in [-0.15, -0.1) is 11.3 Å². The number of Topliss-reactive ketones (excluding diaryl/α,β-unsaturated/α-hetero) is 1. The van der Waals surface area contributed by atoms with Crippen molar-refractivity contribution >= 4 is 39.5 Å². The van der Waals surface area contributed by atoms with E-state index in [2.05, 4.69) is 4.98 Å². The van der Waals surface area contributed by atoms with Gasteiger partial charge in [-0.2, -0.15) is 0 Å². The quantitative estimate of drug-likeness (QED) is 0.379. The molecule has 0 aliphatic heterocycles. The average Bonchev–Trinajstić information content (AvgIpc) is 3.10. The molecule has 0 unspecified atom stereocenters. The third-order valence-electron chi connectivity index (χ3n) is 4.26. The fourth-order valence-corrected chi connectivity index (χ4v) is 4.15. The van der Waals surface area contributed by atoms with Crippen molar-refractivity contribution in [3.05, 3.63) is 82.3 Å². The standard InChI is InChI=1S/C22H16ClNO2S/c1-14-21(27-22(24-14)15-7-3-2-4-8-15)19(25)13-26-20-12-11-18(23)16-9-5-6-10-17(16)20/h2-12H,13H2,1H3. The molecule has 0 N–H and O–H groups in total. The summed E-state index contributed by atoms with van der Waals surface area (Å²) in [5, 5.41) is 3.30. The zero-order chi connectivity index (χ0) is 18.8. The van der Waals surface area contributed by atoms with Gasteiger partial charge >= 0.3 is 0 Å². The van der Waals surface area contributed by atoms with Crippen LogP contribution in [0.4, 0.5) is 0 Å². The molecule has 134 valence electrons. The van der Waals surface area contributed by atoms with Crippen LogP contribution < -0.4 is 4.74 Å². The number of nitrogens with zero attached hydrogens (tertiary/aromatic N) is 1. The summed E-state index contributed by atoms with van der Waals surface area (Å²) >= 11 is 7.64. The Morgan fingerprint density at radius 2 is 1.70 bits per heavy atom. The number of fused-ring (bicyclic) bond motifs is 1. The van der Waals surface area contributed by atoms with Crippen molar-refractivity contribution in [2.24, 2.45) is 0 Å². The molecule has 3 aromatic carbocycles. The largest absolute Gasteiger partial charge is 0.485 e. The number of hydrogen-bond acceptors (Lipinski definition) is 4. The highest BCUT2D eigenvalue weighted by atomic mass is 35.5. The molecule has 0 aliphatic rings. The Hall–Kier alpha value is -2.69. The minimum absolute atomic E-state index is 0.0388. The van der Waals surface area contributed by atoms with Crippen molar-refractivity contribution in [3.8, 4) is 16.3 Å². The summed E-state index contributed by atoms with van der Waals surface area (Å²) in [6.45, 7) is 1.82. The third-order valence-corrected chi connectivity index (χ3v) is 5.84. The topological polar surface area (TPSA) is 39.2 Å². The second-order valence-electron chi connectivity index (χ2n) is 6.10. The predicted octanol–water partition coefficient (Wildman–Crippen LogP) is 6.19. The highest BCUT2D eigenvalue weighted by molar-refractivity contribution is 7.17. The summed E-state index contributed by atoms with van der Waals surface area (Å²) < 4.78 is 5.83. The van der Waals surface area contributed by atoms with Gasteiger partial charge in [0, 0.05) is 21.4 Å². The Balaban J connectivity index is 1.56. The van der Waals surface area contributed by atoms with Crippen LogP contribution in [0.25, 0.3) is 21.3 Å². The average molecular weight is 394 g/mol. The van der Waals surface area contributed by atoms with Crippen molar-refractivity contribution in [2.75, 3.05) is 6.61 Å². The van der Waals surface area contributed by atoms with Crippen molar-refractivity contribution < 1.29 is 9.53 Å². The first-order chi connectivity index (χ1) is 13.1. The van der Waals surface area contributed by atoms with E-state index in [9.17, 15) is 4.79 Å². The number of halogens is 1. The predicted molar refractivity (Wildman–Crippen MR) is 111 cm³/mol. The maximum atomic E-state index is 12.7. The second-order valence-corrected chi connectivity index (χ2v) is 7.51. The first-order valence-corrected chi connectivity index (χ1v) is 9.69. The first-order valence-electron chi connectivity index (χ1n) is 8.49. The van der Waals surface area contributed by atoms with Crippen LogP contribution in [-0.2, 0) is 0 Å². The Morgan fingerprint density at radius 1 is 1.00 bits per heavy atom. The lowest BCUT2D eigenvalue weighted by Gasteiger charge is -2.09. The number of carbonyl (C=O) groups excluding carboxylic acids is 1. The van der Waals surface area contributed by atoms with Crippen LogP contribution in [0, 0.1) is 6.92 Å². The fraction of sp³-hybridized carbons (Fsp3) is 0.0909. The van der Waals surface area contributed by atoms with Crippen LogP contribution in [0.5, 0.6) is 5.75 Å². The van der Waals surface area contributed by atoms with E-state index < -0.39 is 0 Å². The van der Waals surface area contributed by atoms with E-state index in [0.29, 0.717) is 15.6 Å². The van der Waals surface area contributed by atoms with Crippen LogP contribution in [0.15, 0.2) is 66.7 Å². The molecule has 1 aromatic heterocycles. The number of benzene rings is 3. The summed E-state index contributed by atoms with van der Waals surface area (Å²) in [5.74, 6) is 0.569. The number of aromatic nitrogens is 1. The van der Waals surface area contributed by atoms with Crippen molar-refractivity contribution in [2.45, 2.75) is 6.92 Å². The minimum Gasteiger partial charge on any atom is -0.485 e. The van der Waals surface area contributed by atoms with Gasteiger partial charge in [-0.05, 0) is 19.1 Å². The van der Waals surface area contributed by atoms with Gasteiger partial charge in [-0.3, -0.25) is 4.79 Å². The first kappa shape index (κ1) is 17.7. The second kappa shape index (κ2) is 7.51. The van der Waals surface area contributed by atoms with E-state index in [0.717, 1.165) is 27.0 Å². The third kappa shape index (κ3) is 3.59. The van der Waals surface area contributed by atoms with E-state index in [4.69, 9.17) is 16.3 Å². The smallest absolute Gasteiger partial charge is 0.212 e. The van der Waals surface area contributed by atoms with Gasteiger partial charge < -0.3 is 4.74 Å². The van der Waals surface area contributed by atoms with Crippen LogP contribution in [-0.4, -0.2) is 17.4 Å².